The number of methoxy groups -OCH3 is 1. The maximum Gasteiger partial charge on any atom is 0.121 e. The van der Waals surface area contributed by atoms with E-state index in [1.807, 2.05) is 18.3 Å². The summed E-state index contributed by atoms with van der Waals surface area (Å²) in [5, 5.41) is 13.0. The molecule has 0 aliphatic carbocycles. The summed E-state index contributed by atoms with van der Waals surface area (Å²) in [5.41, 5.74) is 8.34. The summed E-state index contributed by atoms with van der Waals surface area (Å²) in [5.74, 6) is 0.718. The van der Waals surface area contributed by atoms with Crippen molar-refractivity contribution in [2.45, 2.75) is 6.54 Å². The van der Waals surface area contributed by atoms with Crippen molar-refractivity contribution >= 4 is 5.69 Å². The van der Waals surface area contributed by atoms with Gasteiger partial charge in [0.2, 0.25) is 0 Å². The van der Waals surface area contributed by atoms with Gasteiger partial charge in [-0.2, -0.15) is 5.10 Å². The SMILES string of the molecule is COc1cc(N)cc(-c2cnn(CCO)c2)c1. The number of nitrogens with zero attached hydrogens (tertiary/aromatic N) is 2. The molecule has 90 valence electrons. The topological polar surface area (TPSA) is 73.3 Å². The molecule has 0 atom stereocenters. The molecule has 0 bridgehead atoms. The molecule has 3 N–H and O–H groups in total. The zero-order valence-corrected chi connectivity index (χ0v) is 9.63. The van der Waals surface area contributed by atoms with E-state index < -0.39 is 0 Å². The minimum Gasteiger partial charge on any atom is -0.497 e. The minimum absolute atomic E-state index is 0.0708. The maximum atomic E-state index is 8.82. The van der Waals surface area contributed by atoms with Gasteiger partial charge in [0.1, 0.15) is 5.75 Å². The summed E-state index contributed by atoms with van der Waals surface area (Å²) in [7, 11) is 1.60. The van der Waals surface area contributed by atoms with Crippen LogP contribution in [0.4, 0.5) is 5.69 Å². The van der Waals surface area contributed by atoms with Crippen LogP contribution in [0, 0.1) is 0 Å². The second kappa shape index (κ2) is 4.88. The van der Waals surface area contributed by atoms with E-state index in [2.05, 4.69) is 5.10 Å². The average Bonchev–Trinajstić information content (AvgIpc) is 2.77. The molecule has 1 aromatic heterocycles. The summed E-state index contributed by atoms with van der Waals surface area (Å²) >= 11 is 0. The van der Waals surface area contributed by atoms with E-state index in [9.17, 15) is 0 Å². The van der Waals surface area contributed by atoms with Crippen molar-refractivity contribution in [3.8, 4) is 16.9 Å². The first kappa shape index (κ1) is 11.5. The predicted molar refractivity (Wildman–Crippen MR) is 65.7 cm³/mol. The molecule has 0 amide bonds. The maximum absolute atomic E-state index is 8.82. The summed E-state index contributed by atoms with van der Waals surface area (Å²) in [4.78, 5) is 0. The first-order chi connectivity index (χ1) is 8.22. The number of nitrogens with two attached hydrogens (primary N) is 1. The van der Waals surface area contributed by atoms with Crippen molar-refractivity contribution in [3.63, 3.8) is 0 Å². The Bertz CT molecular complexity index is 508. The van der Waals surface area contributed by atoms with Crippen molar-refractivity contribution in [1.29, 1.82) is 0 Å². The van der Waals surface area contributed by atoms with Crippen molar-refractivity contribution in [1.82, 2.24) is 9.78 Å². The number of anilines is 1. The van der Waals surface area contributed by atoms with Crippen LogP contribution in [0.5, 0.6) is 5.75 Å². The largest absolute Gasteiger partial charge is 0.497 e. The Morgan fingerprint density at radius 1 is 1.35 bits per heavy atom. The Hall–Kier alpha value is -2.01. The van der Waals surface area contributed by atoms with Gasteiger partial charge >= 0.3 is 0 Å². The number of aliphatic hydroxyl groups excluding tert-OH is 1. The molecule has 2 aromatic rings. The zero-order valence-electron chi connectivity index (χ0n) is 9.63. The molecule has 5 nitrogen and oxygen atoms in total. The van der Waals surface area contributed by atoms with Gasteiger partial charge in [-0.3, -0.25) is 4.68 Å². The van der Waals surface area contributed by atoms with E-state index in [4.69, 9.17) is 15.6 Å². The lowest BCUT2D eigenvalue weighted by atomic mass is 10.1. The summed E-state index contributed by atoms with van der Waals surface area (Å²) in [6.45, 7) is 0.556. The first-order valence-electron chi connectivity index (χ1n) is 5.31. The van der Waals surface area contributed by atoms with Gasteiger partial charge in [0.15, 0.2) is 0 Å². The molecule has 0 fully saturated rings. The Balaban J connectivity index is 2.34. The number of ether oxygens (including phenoxy) is 1. The molecule has 5 heteroatoms. The zero-order chi connectivity index (χ0) is 12.3. The Kier molecular flexibility index (Phi) is 3.30. The van der Waals surface area contributed by atoms with Gasteiger partial charge in [-0.1, -0.05) is 0 Å². The highest BCUT2D eigenvalue weighted by atomic mass is 16.5. The van der Waals surface area contributed by atoms with Crippen molar-refractivity contribution < 1.29 is 9.84 Å². The molecular formula is C12H15N3O2. The lowest BCUT2D eigenvalue weighted by Crippen LogP contribution is -2.01. The third-order valence-corrected chi connectivity index (χ3v) is 2.46. The molecule has 1 aromatic carbocycles. The predicted octanol–water partition coefficient (Wildman–Crippen LogP) is 1.13. The fourth-order valence-corrected chi connectivity index (χ4v) is 1.64. The highest BCUT2D eigenvalue weighted by molar-refractivity contribution is 5.68. The lowest BCUT2D eigenvalue weighted by Gasteiger charge is -2.04. The number of benzene rings is 1. The van der Waals surface area contributed by atoms with Crippen molar-refractivity contribution in [2.75, 3.05) is 19.5 Å². The van der Waals surface area contributed by atoms with Crippen LogP contribution in [-0.2, 0) is 6.54 Å². The van der Waals surface area contributed by atoms with Crippen LogP contribution in [0.15, 0.2) is 30.6 Å². The van der Waals surface area contributed by atoms with E-state index in [1.165, 1.54) is 0 Å². The van der Waals surface area contributed by atoms with E-state index in [-0.39, 0.29) is 6.61 Å². The number of hydrogen-bond acceptors (Lipinski definition) is 4. The lowest BCUT2D eigenvalue weighted by molar-refractivity contribution is 0.269. The van der Waals surface area contributed by atoms with Gasteiger partial charge in [0, 0.05) is 23.5 Å². The molecule has 0 saturated heterocycles. The number of hydrogen-bond donors (Lipinski definition) is 2. The highest BCUT2D eigenvalue weighted by Gasteiger charge is 2.04. The number of aliphatic hydroxyl groups is 1. The van der Waals surface area contributed by atoms with Gasteiger partial charge in [0.25, 0.3) is 0 Å². The quantitative estimate of drug-likeness (QED) is 0.776. The van der Waals surface area contributed by atoms with Crippen molar-refractivity contribution in [2.24, 2.45) is 0 Å². The second-order valence-electron chi connectivity index (χ2n) is 3.71. The number of aromatic nitrogens is 2. The van der Waals surface area contributed by atoms with Crippen LogP contribution in [0.25, 0.3) is 11.1 Å². The summed E-state index contributed by atoms with van der Waals surface area (Å²) < 4.78 is 6.85. The van der Waals surface area contributed by atoms with Gasteiger partial charge < -0.3 is 15.6 Å². The Morgan fingerprint density at radius 3 is 2.88 bits per heavy atom. The second-order valence-corrected chi connectivity index (χ2v) is 3.71. The molecule has 0 aliphatic rings. The smallest absolute Gasteiger partial charge is 0.121 e. The monoisotopic (exact) mass is 233 g/mol. The normalized spacial score (nSPS) is 10.5. The summed E-state index contributed by atoms with van der Waals surface area (Å²) in [6, 6.07) is 5.53. The molecule has 1 heterocycles. The molecule has 0 radical (unpaired) electrons. The number of nitrogen functional groups attached to an aromatic ring is 1. The van der Waals surface area contributed by atoms with Crippen LogP contribution < -0.4 is 10.5 Å². The molecule has 0 aliphatic heterocycles. The van der Waals surface area contributed by atoms with Crippen LogP contribution in [0.1, 0.15) is 0 Å². The highest BCUT2D eigenvalue weighted by Crippen LogP contribution is 2.26. The molecule has 2 rings (SSSR count). The number of rotatable bonds is 4. The molecule has 0 unspecified atom stereocenters. The van der Waals surface area contributed by atoms with Crippen LogP contribution >= 0.6 is 0 Å². The van der Waals surface area contributed by atoms with Crippen molar-refractivity contribution in [3.05, 3.63) is 30.6 Å². The minimum atomic E-state index is 0.0708. The van der Waals surface area contributed by atoms with Crippen LogP contribution in [0.3, 0.4) is 0 Å². The fraction of sp³-hybridized carbons (Fsp3) is 0.250. The summed E-state index contributed by atoms with van der Waals surface area (Å²) in [6.07, 6.45) is 3.61. The van der Waals surface area contributed by atoms with E-state index in [0.29, 0.717) is 12.2 Å². The van der Waals surface area contributed by atoms with Crippen LogP contribution in [0.2, 0.25) is 0 Å². The van der Waals surface area contributed by atoms with E-state index in [0.717, 1.165) is 16.9 Å². The molecule has 0 spiro atoms. The Morgan fingerprint density at radius 2 is 2.18 bits per heavy atom. The fourth-order valence-electron chi connectivity index (χ4n) is 1.64. The van der Waals surface area contributed by atoms with Gasteiger partial charge in [-0.25, -0.2) is 0 Å². The van der Waals surface area contributed by atoms with E-state index in [1.54, 1.807) is 24.1 Å². The molecular weight excluding hydrogens is 218 g/mol. The Labute approximate surface area is 99.4 Å². The molecule has 17 heavy (non-hydrogen) atoms. The van der Waals surface area contributed by atoms with E-state index >= 15 is 0 Å². The van der Waals surface area contributed by atoms with Gasteiger partial charge in [-0.15, -0.1) is 0 Å². The molecule has 0 saturated carbocycles. The standard InChI is InChI=1S/C12H15N3O2/c1-17-12-5-9(4-11(13)6-12)10-7-14-15(8-10)2-3-16/h4-8,16H,2-3,13H2,1H3. The average molecular weight is 233 g/mol. The first-order valence-corrected chi connectivity index (χ1v) is 5.31. The third-order valence-electron chi connectivity index (χ3n) is 2.46. The third kappa shape index (κ3) is 2.57. The van der Waals surface area contributed by atoms with Crippen LogP contribution in [-0.4, -0.2) is 28.6 Å². The van der Waals surface area contributed by atoms with Gasteiger partial charge in [0.05, 0.1) is 26.5 Å². The van der Waals surface area contributed by atoms with Gasteiger partial charge in [-0.05, 0) is 17.7 Å².